The van der Waals surface area contributed by atoms with E-state index < -0.39 is 28.5 Å². The Morgan fingerprint density at radius 1 is 0.818 bits per heavy atom. The molecule has 7 nitrogen and oxygen atoms in total. The zero-order chi connectivity index (χ0) is 31.7. The van der Waals surface area contributed by atoms with Crippen LogP contribution in [0.3, 0.4) is 0 Å². The topological polar surface area (TPSA) is 86.8 Å². The van der Waals surface area contributed by atoms with Crippen LogP contribution in [0.5, 0.6) is 0 Å². The molecule has 0 fully saturated rings. The van der Waals surface area contributed by atoms with Crippen molar-refractivity contribution in [1.82, 2.24) is 10.2 Å². The fourth-order valence-corrected chi connectivity index (χ4v) is 6.68. The number of nitrogens with zero attached hydrogens (tertiary/aromatic N) is 2. The molecule has 4 aromatic carbocycles. The van der Waals surface area contributed by atoms with Crippen LogP contribution in [0.25, 0.3) is 0 Å². The van der Waals surface area contributed by atoms with Gasteiger partial charge in [-0.05, 0) is 88.2 Å². The Labute approximate surface area is 282 Å². The fraction of sp³-hybridized carbons (Fsp3) is 0.235. The summed E-state index contributed by atoms with van der Waals surface area (Å²) in [7, 11) is -4.12. The van der Waals surface area contributed by atoms with Crippen molar-refractivity contribution in [2.24, 2.45) is 5.92 Å². The zero-order valence-electron chi connectivity index (χ0n) is 24.6. The van der Waals surface area contributed by atoms with Gasteiger partial charge in [0.15, 0.2) is 0 Å². The van der Waals surface area contributed by atoms with Crippen molar-refractivity contribution in [1.29, 1.82) is 0 Å². The normalized spacial score (nSPS) is 12.0. The molecule has 1 atom stereocenters. The van der Waals surface area contributed by atoms with Crippen LogP contribution in [-0.2, 0) is 32.6 Å². The Kier molecular flexibility index (Phi) is 12.0. The van der Waals surface area contributed by atoms with Gasteiger partial charge in [0.05, 0.1) is 10.6 Å². The lowest BCUT2D eigenvalue weighted by molar-refractivity contribution is -0.140. The molecule has 0 bridgehead atoms. The molecular formula is C34H35BrIN3O4S. The van der Waals surface area contributed by atoms with Crippen molar-refractivity contribution in [3.05, 3.63) is 128 Å². The van der Waals surface area contributed by atoms with Gasteiger partial charge < -0.3 is 10.2 Å². The van der Waals surface area contributed by atoms with E-state index in [-0.39, 0.29) is 29.7 Å². The number of amides is 2. The van der Waals surface area contributed by atoms with E-state index in [0.29, 0.717) is 12.2 Å². The number of carbonyl (C=O) groups is 2. The van der Waals surface area contributed by atoms with Crippen LogP contribution < -0.4 is 9.62 Å². The number of nitrogens with one attached hydrogen (secondary N) is 1. The van der Waals surface area contributed by atoms with Crippen molar-refractivity contribution < 1.29 is 18.0 Å². The van der Waals surface area contributed by atoms with Crippen molar-refractivity contribution in [3.8, 4) is 0 Å². The van der Waals surface area contributed by atoms with E-state index >= 15 is 0 Å². The molecular weight excluding hydrogens is 753 g/mol. The maximum Gasteiger partial charge on any atom is 0.264 e. The molecule has 0 aliphatic carbocycles. The Morgan fingerprint density at radius 2 is 1.41 bits per heavy atom. The van der Waals surface area contributed by atoms with Crippen LogP contribution in [0.2, 0.25) is 0 Å². The predicted octanol–water partition coefficient (Wildman–Crippen LogP) is 6.66. The lowest BCUT2D eigenvalue weighted by atomic mass is 10.0. The van der Waals surface area contributed by atoms with E-state index in [4.69, 9.17) is 0 Å². The third kappa shape index (κ3) is 9.15. The van der Waals surface area contributed by atoms with Crippen molar-refractivity contribution >= 4 is 66.0 Å². The van der Waals surface area contributed by atoms with Gasteiger partial charge in [-0.25, -0.2) is 8.42 Å². The number of anilines is 1. The molecule has 0 saturated heterocycles. The molecule has 1 N–H and O–H groups in total. The Hall–Kier alpha value is -3.22. The van der Waals surface area contributed by atoms with Crippen molar-refractivity contribution in [2.45, 2.75) is 37.8 Å². The first-order valence-corrected chi connectivity index (χ1v) is 17.5. The summed E-state index contributed by atoms with van der Waals surface area (Å²) in [6.45, 7) is 4.08. The molecule has 230 valence electrons. The number of halogens is 2. The van der Waals surface area contributed by atoms with Crippen LogP contribution in [0, 0.1) is 9.49 Å². The van der Waals surface area contributed by atoms with Gasteiger partial charge in [0.2, 0.25) is 11.8 Å². The minimum Gasteiger partial charge on any atom is -0.354 e. The molecule has 4 rings (SSSR count). The fourth-order valence-electron chi connectivity index (χ4n) is 4.62. The number of hydrogen-bond acceptors (Lipinski definition) is 4. The quantitative estimate of drug-likeness (QED) is 0.154. The number of carbonyl (C=O) groups excluding carboxylic acids is 2. The Balaban J connectivity index is 1.78. The van der Waals surface area contributed by atoms with Crippen LogP contribution in [0.4, 0.5) is 5.69 Å². The van der Waals surface area contributed by atoms with Gasteiger partial charge in [-0.1, -0.05) is 90.4 Å². The first kappa shape index (κ1) is 33.7. The molecule has 4 aromatic rings. The number of sulfonamides is 1. The molecule has 0 spiro atoms. The summed E-state index contributed by atoms with van der Waals surface area (Å²) in [6, 6.07) is 31.2. The third-order valence-corrected chi connectivity index (χ3v) is 9.98. The molecule has 1 unspecified atom stereocenters. The molecule has 0 aliphatic heterocycles. The SMILES string of the molecule is CC(C)CNC(=O)C(Cc1ccccc1)N(Cc1ccc(Br)cc1)C(=O)CN(c1ccc(I)cc1)S(=O)(=O)c1ccccc1. The van der Waals surface area contributed by atoms with Crippen LogP contribution in [-0.4, -0.2) is 44.3 Å². The summed E-state index contributed by atoms with van der Waals surface area (Å²) in [4.78, 5) is 29.8. The highest BCUT2D eigenvalue weighted by atomic mass is 127. The van der Waals surface area contributed by atoms with Crippen LogP contribution in [0.1, 0.15) is 25.0 Å². The standard InChI is InChI=1S/C34H35BrIN3O4S/c1-25(2)22-37-34(41)32(21-26-9-5-3-6-10-26)38(23-27-13-15-28(35)16-14-27)33(40)24-39(30-19-17-29(36)18-20-30)44(42,43)31-11-7-4-8-12-31/h3-20,25,32H,21-24H2,1-2H3,(H,37,41). The first-order chi connectivity index (χ1) is 21.0. The van der Waals surface area contributed by atoms with Gasteiger partial charge >= 0.3 is 0 Å². The highest BCUT2D eigenvalue weighted by Crippen LogP contribution is 2.26. The molecule has 0 heterocycles. The van der Waals surface area contributed by atoms with E-state index in [2.05, 4.69) is 43.8 Å². The van der Waals surface area contributed by atoms with E-state index in [0.717, 1.165) is 23.5 Å². The summed E-state index contributed by atoms with van der Waals surface area (Å²) in [5.41, 5.74) is 2.05. The summed E-state index contributed by atoms with van der Waals surface area (Å²) in [5, 5.41) is 3.01. The summed E-state index contributed by atoms with van der Waals surface area (Å²) >= 11 is 5.61. The molecule has 0 radical (unpaired) electrons. The van der Waals surface area contributed by atoms with Crippen molar-refractivity contribution in [3.63, 3.8) is 0 Å². The maximum atomic E-state index is 14.4. The lowest BCUT2D eigenvalue weighted by Gasteiger charge is -2.34. The van der Waals surface area contributed by atoms with E-state index in [1.807, 2.05) is 68.4 Å². The molecule has 0 aliphatic rings. The molecule has 44 heavy (non-hydrogen) atoms. The minimum absolute atomic E-state index is 0.0707. The largest absolute Gasteiger partial charge is 0.354 e. The number of hydrogen-bond donors (Lipinski definition) is 1. The highest BCUT2D eigenvalue weighted by molar-refractivity contribution is 14.1. The average molecular weight is 789 g/mol. The van der Waals surface area contributed by atoms with Gasteiger partial charge in [0.25, 0.3) is 10.0 Å². The van der Waals surface area contributed by atoms with Gasteiger partial charge in [-0.2, -0.15) is 0 Å². The van der Waals surface area contributed by atoms with Crippen LogP contribution in [0.15, 0.2) is 119 Å². The number of rotatable bonds is 13. The van der Waals surface area contributed by atoms with E-state index in [1.165, 1.54) is 17.0 Å². The number of benzene rings is 4. The summed E-state index contributed by atoms with van der Waals surface area (Å²) in [6.07, 6.45) is 0.266. The van der Waals surface area contributed by atoms with E-state index in [9.17, 15) is 18.0 Å². The highest BCUT2D eigenvalue weighted by Gasteiger charge is 2.34. The molecule has 0 saturated carbocycles. The molecule has 2 amide bonds. The summed E-state index contributed by atoms with van der Waals surface area (Å²) < 4.78 is 31.0. The Bertz CT molecular complexity index is 1640. The van der Waals surface area contributed by atoms with Crippen molar-refractivity contribution in [2.75, 3.05) is 17.4 Å². The monoisotopic (exact) mass is 787 g/mol. The van der Waals surface area contributed by atoms with Gasteiger partial charge in [0, 0.05) is 27.6 Å². The second-order valence-corrected chi connectivity index (χ2v) is 14.8. The average Bonchev–Trinajstić information content (AvgIpc) is 3.02. The molecule has 0 aromatic heterocycles. The Morgan fingerprint density at radius 3 is 2.00 bits per heavy atom. The second-order valence-electron chi connectivity index (χ2n) is 10.8. The van der Waals surface area contributed by atoms with Crippen LogP contribution >= 0.6 is 38.5 Å². The first-order valence-electron chi connectivity index (χ1n) is 14.2. The summed E-state index contributed by atoms with van der Waals surface area (Å²) in [5.74, 6) is -0.578. The second kappa shape index (κ2) is 15.7. The smallest absolute Gasteiger partial charge is 0.264 e. The maximum absolute atomic E-state index is 14.4. The third-order valence-electron chi connectivity index (χ3n) is 6.95. The predicted molar refractivity (Wildman–Crippen MR) is 187 cm³/mol. The molecule has 10 heteroatoms. The lowest BCUT2D eigenvalue weighted by Crippen LogP contribution is -2.53. The zero-order valence-corrected chi connectivity index (χ0v) is 29.1. The van der Waals surface area contributed by atoms with Gasteiger partial charge in [-0.3, -0.25) is 13.9 Å². The van der Waals surface area contributed by atoms with Gasteiger partial charge in [0.1, 0.15) is 12.6 Å². The van der Waals surface area contributed by atoms with E-state index in [1.54, 1.807) is 42.5 Å². The minimum atomic E-state index is -4.12. The van der Waals surface area contributed by atoms with Gasteiger partial charge in [-0.15, -0.1) is 0 Å².